The lowest BCUT2D eigenvalue weighted by Gasteiger charge is -2.34. The van der Waals surface area contributed by atoms with Crippen LogP contribution < -0.4 is 20.7 Å². The second-order valence-electron chi connectivity index (χ2n) is 11.3. The molecule has 200 valence electrons. The number of aromatic nitrogens is 2. The maximum Gasteiger partial charge on any atom is 0.319 e. The summed E-state index contributed by atoms with van der Waals surface area (Å²) in [7, 11) is 0. The summed E-state index contributed by atoms with van der Waals surface area (Å²) in [4.78, 5) is 13.9. The number of hydrogen-bond donors (Lipinski definition) is 2. The molecule has 2 atom stereocenters. The maximum atomic E-state index is 16.2. The van der Waals surface area contributed by atoms with Crippen LogP contribution >= 0.6 is 11.6 Å². The van der Waals surface area contributed by atoms with E-state index in [9.17, 15) is 0 Å². The maximum absolute atomic E-state index is 16.2. The summed E-state index contributed by atoms with van der Waals surface area (Å²) in [6, 6.07) is 6.73. The first-order valence-corrected chi connectivity index (χ1v) is 13.9. The van der Waals surface area contributed by atoms with Gasteiger partial charge in [0, 0.05) is 30.6 Å². The molecule has 7 rings (SSSR count). The van der Waals surface area contributed by atoms with Crippen LogP contribution in [-0.4, -0.2) is 65.3 Å². The van der Waals surface area contributed by atoms with Crippen molar-refractivity contribution in [1.29, 1.82) is 0 Å². The monoisotopic (exact) mass is 540 g/mol. The van der Waals surface area contributed by atoms with E-state index in [0.717, 1.165) is 64.7 Å². The van der Waals surface area contributed by atoms with Crippen LogP contribution in [0, 0.1) is 11.6 Å². The number of halogens is 3. The van der Waals surface area contributed by atoms with Crippen LogP contribution in [0.2, 0.25) is 5.02 Å². The highest BCUT2D eigenvalue weighted by molar-refractivity contribution is 6.33. The van der Waals surface area contributed by atoms with Crippen molar-refractivity contribution in [3.63, 3.8) is 0 Å². The molecule has 2 bridgehead atoms. The average molecular weight is 541 g/mol. The van der Waals surface area contributed by atoms with Gasteiger partial charge in [0.1, 0.15) is 23.8 Å². The first kappa shape index (κ1) is 24.3. The zero-order chi connectivity index (χ0) is 26.0. The molecule has 5 heterocycles. The van der Waals surface area contributed by atoms with E-state index >= 15 is 8.78 Å². The third-order valence-corrected chi connectivity index (χ3v) is 9.27. The van der Waals surface area contributed by atoms with Crippen LogP contribution in [0.1, 0.15) is 38.5 Å². The summed E-state index contributed by atoms with van der Waals surface area (Å²) < 4.78 is 38.0. The highest BCUT2D eigenvalue weighted by Crippen LogP contribution is 2.41. The fourth-order valence-corrected chi connectivity index (χ4v) is 7.18. The predicted octanol–water partition coefficient (Wildman–Crippen LogP) is 4.76. The number of rotatable bonds is 5. The number of hydrogen-bond acceptors (Lipinski definition) is 7. The molecule has 3 N–H and O–H groups in total. The van der Waals surface area contributed by atoms with E-state index < -0.39 is 11.6 Å². The van der Waals surface area contributed by atoms with E-state index in [0.29, 0.717) is 40.5 Å². The molecular weight excluding hydrogens is 510 g/mol. The van der Waals surface area contributed by atoms with Crippen molar-refractivity contribution < 1.29 is 13.5 Å². The van der Waals surface area contributed by atoms with Crippen molar-refractivity contribution >= 4 is 34.0 Å². The van der Waals surface area contributed by atoms with Crippen LogP contribution in [0.3, 0.4) is 0 Å². The van der Waals surface area contributed by atoms with Gasteiger partial charge in [-0.2, -0.15) is 9.97 Å². The second-order valence-corrected chi connectivity index (χ2v) is 11.7. The molecule has 0 saturated carbocycles. The Hall–Kier alpha value is -2.75. The van der Waals surface area contributed by atoms with Crippen molar-refractivity contribution in [2.24, 2.45) is 0 Å². The molecule has 1 aromatic heterocycles. The summed E-state index contributed by atoms with van der Waals surface area (Å²) in [6.45, 7) is 4.07. The van der Waals surface area contributed by atoms with Gasteiger partial charge in [0.2, 0.25) is 0 Å². The second kappa shape index (κ2) is 9.17. The van der Waals surface area contributed by atoms with E-state index in [4.69, 9.17) is 27.1 Å². The average Bonchev–Trinajstić information content (AvgIpc) is 3.58. The van der Waals surface area contributed by atoms with Crippen LogP contribution in [0.4, 0.5) is 20.3 Å². The van der Waals surface area contributed by atoms with E-state index in [1.54, 1.807) is 12.1 Å². The number of nitrogens with zero attached hydrogens (tertiary/aromatic N) is 4. The largest absolute Gasteiger partial charge is 0.461 e. The first-order chi connectivity index (χ1) is 18.4. The van der Waals surface area contributed by atoms with Crippen molar-refractivity contribution in [3.05, 3.63) is 40.9 Å². The highest BCUT2D eigenvalue weighted by Gasteiger charge is 2.45. The lowest BCUT2D eigenvalue weighted by atomic mass is 9.95. The minimum absolute atomic E-state index is 0.0000322. The standard InChI is InChI=1S/C28H31ClF2N6O/c29-20-6-3-16(11-22(20)32)23-21(30)12-19-25(24(23)31)34-27(38-15-28-7-1-9-37(28)10-2-8-28)35-26(19)36-13-17-4-5-18(14-36)33-17/h3,6,11-12,17-18,33H,1-2,4-5,7-10,13-15,32H2. The third-order valence-electron chi connectivity index (χ3n) is 8.92. The normalized spacial score (nSPS) is 24.3. The molecule has 3 aromatic rings. The Morgan fingerprint density at radius 1 is 1.08 bits per heavy atom. The molecule has 4 aliphatic rings. The van der Waals surface area contributed by atoms with Crippen molar-refractivity contribution in [2.45, 2.75) is 56.1 Å². The Bertz CT molecular complexity index is 1400. The van der Waals surface area contributed by atoms with Gasteiger partial charge in [0.15, 0.2) is 5.82 Å². The minimum Gasteiger partial charge on any atom is -0.461 e. The molecule has 0 spiro atoms. The van der Waals surface area contributed by atoms with Crippen LogP contribution in [0.15, 0.2) is 24.3 Å². The summed E-state index contributed by atoms with van der Waals surface area (Å²) in [5, 5.41) is 4.29. The molecule has 4 aliphatic heterocycles. The van der Waals surface area contributed by atoms with Gasteiger partial charge in [-0.25, -0.2) is 8.78 Å². The summed E-state index contributed by atoms with van der Waals surface area (Å²) in [5.41, 5.74) is 6.37. The lowest BCUT2D eigenvalue weighted by Crippen LogP contribution is -2.51. The van der Waals surface area contributed by atoms with Gasteiger partial charge in [0.05, 0.1) is 21.8 Å². The Balaban J connectivity index is 1.33. The lowest BCUT2D eigenvalue weighted by molar-refractivity contribution is 0.108. The molecule has 0 amide bonds. The van der Waals surface area contributed by atoms with Gasteiger partial charge in [-0.05, 0) is 75.4 Å². The molecule has 4 fully saturated rings. The molecule has 2 unspecified atom stereocenters. The molecule has 0 radical (unpaired) electrons. The van der Waals surface area contributed by atoms with Crippen LogP contribution in [0.5, 0.6) is 6.01 Å². The molecule has 0 aliphatic carbocycles. The molecular formula is C28H31ClF2N6O. The predicted molar refractivity (Wildman–Crippen MR) is 145 cm³/mol. The zero-order valence-corrected chi connectivity index (χ0v) is 21.9. The van der Waals surface area contributed by atoms with Crippen molar-refractivity contribution in [3.8, 4) is 17.1 Å². The molecule has 10 heteroatoms. The molecule has 2 aromatic carbocycles. The summed E-state index contributed by atoms with van der Waals surface area (Å²) in [6.07, 6.45) is 6.62. The van der Waals surface area contributed by atoms with Gasteiger partial charge < -0.3 is 20.7 Å². The van der Waals surface area contributed by atoms with E-state index in [-0.39, 0.29) is 28.3 Å². The molecule has 7 nitrogen and oxygen atoms in total. The number of nitrogens with two attached hydrogens (primary N) is 1. The Labute approximate surface area is 225 Å². The number of ether oxygens (including phenoxy) is 1. The van der Waals surface area contributed by atoms with Crippen molar-refractivity contribution in [2.75, 3.05) is 43.4 Å². The topological polar surface area (TPSA) is 79.5 Å². The Morgan fingerprint density at radius 3 is 2.53 bits per heavy atom. The van der Waals surface area contributed by atoms with Gasteiger partial charge in [-0.15, -0.1) is 0 Å². The van der Waals surface area contributed by atoms with Gasteiger partial charge in [0.25, 0.3) is 0 Å². The van der Waals surface area contributed by atoms with Gasteiger partial charge in [-0.1, -0.05) is 17.7 Å². The van der Waals surface area contributed by atoms with E-state index in [1.807, 2.05) is 0 Å². The third kappa shape index (κ3) is 3.98. The Morgan fingerprint density at radius 2 is 1.82 bits per heavy atom. The minimum atomic E-state index is -0.755. The SMILES string of the molecule is Nc1cc(-c2c(F)cc3c(N4CC5CCC(C4)N5)nc(OCC45CCCN4CCC5)nc3c2F)ccc1Cl. The van der Waals surface area contributed by atoms with Crippen LogP contribution in [-0.2, 0) is 0 Å². The first-order valence-electron chi connectivity index (χ1n) is 13.5. The number of fused-ring (bicyclic) bond motifs is 4. The van der Waals surface area contributed by atoms with Crippen molar-refractivity contribution in [1.82, 2.24) is 20.2 Å². The van der Waals surface area contributed by atoms with Gasteiger partial charge in [-0.3, -0.25) is 4.90 Å². The zero-order valence-electron chi connectivity index (χ0n) is 21.2. The van der Waals surface area contributed by atoms with Gasteiger partial charge >= 0.3 is 6.01 Å². The quantitative estimate of drug-likeness (QED) is 0.452. The number of nitrogen functional groups attached to an aromatic ring is 1. The summed E-state index contributed by atoms with van der Waals surface area (Å²) in [5.74, 6) is -0.926. The Kier molecular flexibility index (Phi) is 5.87. The highest BCUT2D eigenvalue weighted by atomic mass is 35.5. The molecule has 4 saturated heterocycles. The summed E-state index contributed by atoms with van der Waals surface area (Å²) >= 11 is 6.06. The fourth-order valence-electron chi connectivity index (χ4n) is 7.06. The molecule has 38 heavy (non-hydrogen) atoms. The number of anilines is 2. The number of benzene rings is 2. The van der Waals surface area contributed by atoms with Crippen LogP contribution in [0.25, 0.3) is 22.0 Å². The van der Waals surface area contributed by atoms with E-state index in [2.05, 4.69) is 20.1 Å². The number of nitrogens with one attached hydrogen (secondary N) is 1. The number of piperazine rings is 1. The van der Waals surface area contributed by atoms with E-state index in [1.165, 1.54) is 12.1 Å². The fraction of sp³-hybridized carbons (Fsp3) is 0.500. The smallest absolute Gasteiger partial charge is 0.319 e.